The van der Waals surface area contributed by atoms with E-state index in [1.807, 2.05) is 24.3 Å². The summed E-state index contributed by atoms with van der Waals surface area (Å²) in [6.07, 6.45) is 0.591. The third kappa shape index (κ3) is 7.23. The average molecular weight is 438 g/mol. The number of carbonyl (C=O) groups is 2. The van der Waals surface area contributed by atoms with Crippen molar-refractivity contribution in [3.63, 3.8) is 0 Å². The second-order valence-corrected chi connectivity index (χ2v) is 7.52. The first-order valence-electron chi connectivity index (χ1n) is 10.0. The molecule has 5 nitrogen and oxygen atoms in total. The van der Waals surface area contributed by atoms with Crippen molar-refractivity contribution in [2.24, 2.45) is 5.92 Å². The van der Waals surface area contributed by atoms with Gasteiger partial charge in [-0.25, -0.2) is 9.18 Å². The molecule has 32 heavy (non-hydrogen) atoms. The zero-order valence-corrected chi connectivity index (χ0v) is 18.4. The van der Waals surface area contributed by atoms with Crippen molar-refractivity contribution in [1.29, 1.82) is 0 Å². The zero-order valence-electron chi connectivity index (χ0n) is 18.4. The van der Waals surface area contributed by atoms with E-state index >= 15 is 0 Å². The fourth-order valence-electron chi connectivity index (χ4n) is 2.82. The van der Waals surface area contributed by atoms with Crippen LogP contribution in [0.25, 0.3) is 11.1 Å². The fourth-order valence-corrected chi connectivity index (χ4v) is 2.82. The Morgan fingerprint density at radius 1 is 0.969 bits per heavy atom. The topological polar surface area (TPSA) is 61.8 Å². The van der Waals surface area contributed by atoms with Gasteiger partial charge in [0.05, 0.1) is 13.2 Å². The second-order valence-electron chi connectivity index (χ2n) is 7.52. The predicted molar refractivity (Wildman–Crippen MR) is 121 cm³/mol. The molecule has 0 heterocycles. The Morgan fingerprint density at radius 3 is 2.16 bits per heavy atom. The van der Waals surface area contributed by atoms with Crippen LogP contribution in [0.2, 0.25) is 0 Å². The Balaban J connectivity index is 2.10. The summed E-state index contributed by atoms with van der Waals surface area (Å²) in [6.45, 7) is 15.3. The summed E-state index contributed by atoms with van der Waals surface area (Å²) in [5, 5.41) is 0. The molecule has 0 radical (unpaired) electrons. The highest BCUT2D eigenvalue weighted by Crippen LogP contribution is 2.26. The van der Waals surface area contributed by atoms with Gasteiger partial charge in [-0.2, -0.15) is 0 Å². The number of hydrogen-bond acceptors (Lipinski definition) is 5. The standard InChI is InChI=1S/C26H27FO5/c1-17(2)19(5)30-14-21(15-31-26(29)18(3)4)12-20-6-8-22(9-7-20)23-10-11-25(32-16-28)24(27)13-23/h6-11,13,16,21H,1,3,5,12,14-15H2,2,4H3. The van der Waals surface area contributed by atoms with Crippen LogP contribution in [0.5, 0.6) is 5.75 Å². The molecule has 2 aromatic carbocycles. The van der Waals surface area contributed by atoms with E-state index in [-0.39, 0.29) is 24.7 Å². The Labute approximate surface area is 187 Å². The smallest absolute Gasteiger partial charge is 0.333 e. The molecule has 0 aromatic heterocycles. The van der Waals surface area contributed by atoms with Gasteiger partial charge in [0.15, 0.2) is 11.6 Å². The van der Waals surface area contributed by atoms with Crippen LogP contribution in [0.4, 0.5) is 4.39 Å². The van der Waals surface area contributed by atoms with Crippen molar-refractivity contribution < 1.29 is 28.2 Å². The minimum atomic E-state index is -0.618. The van der Waals surface area contributed by atoms with Gasteiger partial charge in [0.2, 0.25) is 0 Å². The number of benzene rings is 2. The molecule has 0 saturated heterocycles. The molecular weight excluding hydrogens is 411 g/mol. The molecule has 0 aliphatic heterocycles. The number of hydrogen-bond donors (Lipinski definition) is 0. The normalized spacial score (nSPS) is 11.2. The van der Waals surface area contributed by atoms with E-state index in [2.05, 4.69) is 24.5 Å². The van der Waals surface area contributed by atoms with E-state index in [1.54, 1.807) is 19.9 Å². The van der Waals surface area contributed by atoms with E-state index in [9.17, 15) is 14.0 Å². The maximum absolute atomic E-state index is 14.0. The van der Waals surface area contributed by atoms with Crippen LogP contribution in [-0.4, -0.2) is 25.7 Å². The highest BCUT2D eigenvalue weighted by atomic mass is 19.1. The zero-order chi connectivity index (χ0) is 23.7. The minimum absolute atomic E-state index is 0.113. The molecule has 0 bridgehead atoms. The maximum Gasteiger partial charge on any atom is 0.333 e. The number of carbonyl (C=O) groups excluding carboxylic acids is 2. The van der Waals surface area contributed by atoms with E-state index in [0.717, 1.165) is 16.7 Å². The van der Waals surface area contributed by atoms with E-state index in [0.29, 0.717) is 29.9 Å². The molecule has 2 rings (SSSR count). The fraction of sp³-hybridized carbons (Fsp3) is 0.231. The summed E-state index contributed by atoms with van der Waals surface area (Å²) < 4.78 is 29.6. The largest absolute Gasteiger partial charge is 0.494 e. The third-order valence-corrected chi connectivity index (χ3v) is 4.69. The van der Waals surface area contributed by atoms with Gasteiger partial charge in [0, 0.05) is 11.5 Å². The predicted octanol–water partition coefficient (Wildman–Crippen LogP) is 5.41. The molecule has 0 spiro atoms. The molecule has 2 aromatic rings. The molecule has 1 unspecified atom stereocenters. The number of ether oxygens (including phenoxy) is 3. The molecular formula is C26H27FO5. The van der Waals surface area contributed by atoms with Crippen LogP contribution in [0.15, 0.2) is 79.1 Å². The monoisotopic (exact) mass is 438 g/mol. The van der Waals surface area contributed by atoms with Crippen molar-refractivity contribution in [2.75, 3.05) is 13.2 Å². The Hall–Kier alpha value is -3.67. The Kier molecular flexibility index (Phi) is 8.95. The van der Waals surface area contributed by atoms with Gasteiger partial charge in [0.25, 0.3) is 6.47 Å². The maximum atomic E-state index is 14.0. The SMILES string of the molecule is C=C(C)C(=C)OCC(COC(=O)C(=C)C)Cc1ccc(-c2ccc(OC=O)c(F)c2)cc1. The van der Waals surface area contributed by atoms with Crippen molar-refractivity contribution in [3.05, 3.63) is 90.5 Å². The summed E-state index contributed by atoms with van der Waals surface area (Å²) in [7, 11) is 0. The Bertz CT molecular complexity index is 977. The quantitative estimate of drug-likeness (QED) is 0.146. The Morgan fingerprint density at radius 2 is 1.59 bits per heavy atom. The van der Waals surface area contributed by atoms with Gasteiger partial charge in [0.1, 0.15) is 5.76 Å². The molecule has 0 aliphatic rings. The molecule has 0 fully saturated rings. The van der Waals surface area contributed by atoms with E-state index in [4.69, 9.17) is 9.47 Å². The van der Waals surface area contributed by atoms with E-state index in [1.165, 1.54) is 12.1 Å². The number of halogens is 1. The van der Waals surface area contributed by atoms with Crippen LogP contribution in [0, 0.1) is 11.7 Å². The van der Waals surface area contributed by atoms with Gasteiger partial charge < -0.3 is 14.2 Å². The van der Waals surface area contributed by atoms with Crippen LogP contribution >= 0.6 is 0 Å². The molecule has 0 saturated carbocycles. The lowest BCUT2D eigenvalue weighted by molar-refractivity contribution is -0.140. The first-order valence-corrected chi connectivity index (χ1v) is 10.0. The molecule has 1 atom stereocenters. The molecule has 0 N–H and O–H groups in total. The lowest BCUT2D eigenvalue weighted by Crippen LogP contribution is -2.21. The van der Waals surface area contributed by atoms with Gasteiger partial charge in [-0.1, -0.05) is 50.1 Å². The van der Waals surface area contributed by atoms with Crippen LogP contribution < -0.4 is 4.74 Å². The number of esters is 1. The van der Waals surface area contributed by atoms with Crippen LogP contribution in [0.3, 0.4) is 0 Å². The van der Waals surface area contributed by atoms with Gasteiger partial charge in [-0.05, 0) is 54.7 Å². The van der Waals surface area contributed by atoms with Gasteiger partial charge >= 0.3 is 5.97 Å². The van der Waals surface area contributed by atoms with Gasteiger partial charge in [-0.3, -0.25) is 4.79 Å². The number of rotatable bonds is 12. The van der Waals surface area contributed by atoms with Crippen LogP contribution in [-0.2, 0) is 25.5 Å². The van der Waals surface area contributed by atoms with Crippen LogP contribution in [0.1, 0.15) is 19.4 Å². The van der Waals surface area contributed by atoms with E-state index < -0.39 is 11.8 Å². The van der Waals surface area contributed by atoms with Crippen molar-refractivity contribution in [2.45, 2.75) is 20.3 Å². The lowest BCUT2D eigenvalue weighted by Gasteiger charge is -2.19. The van der Waals surface area contributed by atoms with Crippen molar-refractivity contribution in [1.82, 2.24) is 0 Å². The summed E-state index contributed by atoms with van der Waals surface area (Å²) in [6, 6.07) is 12.0. The first kappa shape index (κ1) is 24.6. The summed E-state index contributed by atoms with van der Waals surface area (Å²) in [4.78, 5) is 22.2. The molecule has 0 aliphatic carbocycles. The molecule has 168 valence electrons. The second kappa shape index (κ2) is 11.6. The highest BCUT2D eigenvalue weighted by molar-refractivity contribution is 5.86. The number of allylic oxidation sites excluding steroid dienone is 1. The third-order valence-electron chi connectivity index (χ3n) is 4.69. The van der Waals surface area contributed by atoms with Crippen molar-refractivity contribution >= 4 is 12.4 Å². The minimum Gasteiger partial charge on any atom is -0.494 e. The highest BCUT2D eigenvalue weighted by Gasteiger charge is 2.16. The average Bonchev–Trinajstić information content (AvgIpc) is 2.76. The summed E-state index contributed by atoms with van der Waals surface area (Å²) in [5.74, 6) is -0.817. The summed E-state index contributed by atoms with van der Waals surface area (Å²) >= 11 is 0. The first-order chi connectivity index (χ1) is 15.2. The molecule has 6 heteroatoms. The lowest BCUT2D eigenvalue weighted by atomic mass is 9.97. The van der Waals surface area contributed by atoms with Gasteiger partial charge in [-0.15, -0.1) is 0 Å². The van der Waals surface area contributed by atoms with Crippen molar-refractivity contribution in [3.8, 4) is 16.9 Å². The molecule has 0 amide bonds. The summed E-state index contributed by atoms with van der Waals surface area (Å²) in [5.41, 5.74) is 3.51.